The quantitative estimate of drug-likeness (QED) is 0.412. The summed E-state index contributed by atoms with van der Waals surface area (Å²) in [7, 11) is 0. The van der Waals surface area contributed by atoms with E-state index in [1.54, 1.807) is 65.8 Å². The van der Waals surface area contributed by atoms with Crippen LogP contribution in [0.1, 0.15) is 52.7 Å². The number of carbonyl (C=O) groups is 4. The van der Waals surface area contributed by atoms with Crippen molar-refractivity contribution in [3.8, 4) is 0 Å². The van der Waals surface area contributed by atoms with Gasteiger partial charge in [0.05, 0.1) is 6.04 Å². The maximum Gasteiger partial charge on any atom is 0.430 e. The van der Waals surface area contributed by atoms with Crippen molar-refractivity contribution in [1.82, 2.24) is 15.3 Å². The van der Waals surface area contributed by atoms with Gasteiger partial charge in [0.25, 0.3) is 5.91 Å². The van der Waals surface area contributed by atoms with E-state index in [0.717, 1.165) is 15.5 Å². The minimum Gasteiger partial charge on any atom is -0.447 e. The van der Waals surface area contributed by atoms with Crippen LogP contribution in [0.5, 0.6) is 0 Å². The third-order valence-corrected chi connectivity index (χ3v) is 5.58. The largest absolute Gasteiger partial charge is 0.447 e. The number of hydrogen-bond donors (Lipinski definition) is 1. The number of benzene rings is 2. The average molecular weight is 540 g/mol. The molecule has 1 unspecified atom stereocenters. The second-order valence-electron chi connectivity index (χ2n) is 11.3. The second kappa shape index (κ2) is 12.2. The Kier molecular flexibility index (Phi) is 9.21. The Hall–Kier alpha value is -4.08. The highest BCUT2D eigenvalue weighted by Crippen LogP contribution is 2.23. The van der Waals surface area contributed by atoms with Gasteiger partial charge in [-0.2, -0.15) is 0 Å². The highest BCUT2D eigenvalue weighted by molar-refractivity contribution is 5.98. The molecule has 0 saturated carbocycles. The number of amides is 4. The van der Waals surface area contributed by atoms with Crippen LogP contribution in [-0.2, 0) is 31.8 Å². The van der Waals surface area contributed by atoms with Gasteiger partial charge >= 0.3 is 18.3 Å². The topological polar surface area (TPSA) is 114 Å². The lowest BCUT2D eigenvalue weighted by molar-refractivity contribution is -0.136. The predicted molar refractivity (Wildman–Crippen MR) is 144 cm³/mol. The van der Waals surface area contributed by atoms with E-state index >= 15 is 0 Å². The minimum atomic E-state index is -1.35. The Morgan fingerprint density at radius 1 is 0.923 bits per heavy atom. The Morgan fingerprint density at radius 2 is 1.46 bits per heavy atom. The molecule has 0 aromatic heterocycles. The van der Waals surface area contributed by atoms with Gasteiger partial charge in [-0.3, -0.25) is 4.79 Å². The molecule has 0 bridgehead atoms. The minimum absolute atomic E-state index is 0.00343. The number of carbonyl (C=O) groups excluding carboxylic acids is 4. The third-order valence-electron chi connectivity index (χ3n) is 5.58. The van der Waals surface area contributed by atoms with E-state index in [1.807, 2.05) is 36.4 Å². The maximum atomic E-state index is 14.1. The van der Waals surface area contributed by atoms with Crippen LogP contribution in [0.15, 0.2) is 60.7 Å². The van der Waals surface area contributed by atoms with E-state index in [2.05, 4.69) is 5.43 Å². The van der Waals surface area contributed by atoms with Gasteiger partial charge in [0.2, 0.25) is 0 Å². The summed E-state index contributed by atoms with van der Waals surface area (Å²) in [5, 5.41) is 0.805. The van der Waals surface area contributed by atoms with Gasteiger partial charge in [0, 0.05) is 6.42 Å². The lowest BCUT2D eigenvalue weighted by Crippen LogP contribution is -2.61. The first-order valence-electron chi connectivity index (χ1n) is 12.8. The van der Waals surface area contributed by atoms with Gasteiger partial charge in [-0.25, -0.2) is 29.7 Å². The van der Waals surface area contributed by atoms with Crippen LogP contribution in [0.2, 0.25) is 0 Å². The molecule has 39 heavy (non-hydrogen) atoms. The van der Waals surface area contributed by atoms with Crippen molar-refractivity contribution >= 4 is 24.2 Å². The lowest BCUT2D eigenvalue weighted by atomic mass is 10.0. The van der Waals surface area contributed by atoms with E-state index in [0.29, 0.717) is 12.0 Å². The fraction of sp³-hybridized carbons (Fsp3) is 0.448. The molecule has 2 atom stereocenters. The number of hydrazine groups is 1. The summed E-state index contributed by atoms with van der Waals surface area (Å²) in [6.45, 7) is 10.0. The summed E-state index contributed by atoms with van der Waals surface area (Å²) >= 11 is 0. The summed E-state index contributed by atoms with van der Waals surface area (Å²) in [6, 6.07) is 16.4. The van der Waals surface area contributed by atoms with Gasteiger partial charge in [-0.15, -0.1) is 0 Å². The summed E-state index contributed by atoms with van der Waals surface area (Å²) in [5.41, 5.74) is 2.20. The first-order chi connectivity index (χ1) is 18.2. The Balaban J connectivity index is 2.00. The molecule has 1 aliphatic heterocycles. The summed E-state index contributed by atoms with van der Waals surface area (Å²) < 4.78 is 16.2. The summed E-state index contributed by atoms with van der Waals surface area (Å²) in [6.07, 6.45) is -2.40. The van der Waals surface area contributed by atoms with Crippen LogP contribution in [0, 0.1) is 0 Å². The summed E-state index contributed by atoms with van der Waals surface area (Å²) in [4.78, 5) is 54.2. The van der Waals surface area contributed by atoms with Crippen LogP contribution in [0.4, 0.5) is 14.4 Å². The third kappa shape index (κ3) is 8.73. The predicted octanol–water partition coefficient (Wildman–Crippen LogP) is 4.86. The molecule has 1 saturated heterocycles. The van der Waals surface area contributed by atoms with Crippen LogP contribution in [0.3, 0.4) is 0 Å². The van der Waals surface area contributed by atoms with Crippen molar-refractivity contribution in [1.29, 1.82) is 0 Å². The smallest absolute Gasteiger partial charge is 0.430 e. The number of ether oxygens (including phenoxy) is 3. The van der Waals surface area contributed by atoms with Crippen LogP contribution < -0.4 is 5.43 Å². The number of nitrogens with zero attached hydrogens (tertiary/aromatic N) is 2. The molecule has 1 aliphatic rings. The van der Waals surface area contributed by atoms with E-state index in [4.69, 9.17) is 14.2 Å². The molecule has 10 heteroatoms. The van der Waals surface area contributed by atoms with Gasteiger partial charge in [0.1, 0.15) is 23.9 Å². The van der Waals surface area contributed by atoms with Gasteiger partial charge in [-0.05, 0) is 59.1 Å². The lowest BCUT2D eigenvalue weighted by Gasteiger charge is -2.35. The van der Waals surface area contributed by atoms with Crippen LogP contribution >= 0.6 is 0 Å². The van der Waals surface area contributed by atoms with Crippen molar-refractivity contribution in [2.24, 2.45) is 0 Å². The molecule has 4 amide bonds. The molecule has 1 N–H and O–H groups in total. The monoisotopic (exact) mass is 539 g/mol. The van der Waals surface area contributed by atoms with Gasteiger partial charge in [-0.1, -0.05) is 60.7 Å². The number of hydrogen-bond acceptors (Lipinski definition) is 7. The zero-order valence-corrected chi connectivity index (χ0v) is 23.3. The molecule has 0 radical (unpaired) electrons. The van der Waals surface area contributed by atoms with Crippen molar-refractivity contribution in [2.45, 2.75) is 77.7 Å². The molecule has 210 valence electrons. The fourth-order valence-electron chi connectivity index (χ4n) is 4.02. The van der Waals surface area contributed by atoms with E-state index < -0.39 is 47.5 Å². The van der Waals surface area contributed by atoms with E-state index in [-0.39, 0.29) is 13.0 Å². The molecule has 0 aliphatic carbocycles. The number of rotatable bonds is 6. The molecule has 1 heterocycles. The molecule has 3 rings (SSSR count). The fourth-order valence-corrected chi connectivity index (χ4v) is 4.02. The molecule has 10 nitrogen and oxygen atoms in total. The maximum absolute atomic E-state index is 14.1. The first kappa shape index (κ1) is 29.5. The standard InChI is InChI=1S/C29H37N3O7/c1-28(2,3)38-25(34)30-32(27(36)39-29(4,5)6)23(18-21-15-11-8-12-16-21)24(33)31-22(19-37-26(31)35)17-20-13-9-7-10-14-20/h7-16,22-23H,17-19H2,1-6H3,(H,30,34)/t22-,23?/m0/s1. The van der Waals surface area contributed by atoms with Crippen molar-refractivity contribution in [3.05, 3.63) is 71.8 Å². The van der Waals surface area contributed by atoms with Crippen molar-refractivity contribution < 1.29 is 33.4 Å². The number of nitrogens with one attached hydrogen (secondary N) is 1. The molecule has 0 spiro atoms. The average Bonchev–Trinajstić information content (AvgIpc) is 3.19. The normalized spacial score (nSPS) is 16.2. The molecule has 2 aromatic rings. The molecule has 1 fully saturated rings. The Morgan fingerprint density at radius 3 is 2.00 bits per heavy atom. The number of cyclic esters (lactones) is 1. The SMILES string of the molecule is CC(C)(C)OC(=O)NN(C(=O)OC(C)(C)C)C(Cc1ccccc1)C(=O)N1C(=O)OC[C@@H]1Cc1ccccc1. The highest BCUT2D eigenvalue weighted by atomic mass is 16.6. The zero-order chi connectivity index (χ0) is 28.8. The van der Waals surface area contributed by atoms with Crippen LogP contribution in [0.25, 0.3) is 0 Å². The van der Waals surface area contributed by atoms with Crippen LogP contribution in [-0.4, -0.2) is 64.0 Å². The van der Waals surface area contributed by atoms with E-state index in [1.165, 1.54) is 0 Å². The highest BCUT2D eigenvalue weighted by Gasteiger charge is 2.45. The second-order valence-corrected chi connectivity index (χ2v) is 11.3. The Labute approximate surface area is 229 Å². The molecule has 2 aromatic carbocycles. The first-order valence-corrected chi connectivity index (χ1v) is 12.8. The van der Waals surface area contributed by atoms with Gasteiger partial charge in [0.15, 0.2) is 0 Å². The van der Waals surface area contributed by atoms with Crippen molar-refractivity contribution in [3.63, 3.8) is 0 Å². The van der Waals surface area contributed by atoms with Crippen molar-refractivity contribution in [2.75, 3.05) is 6.61 Å². The molecular formula is C29H37N3O7. The Bertz CT molecular complexity index is 1160. The zero-order valence-electron chi connectivity index (χ0n) is 23.3. The number of imide groups is 1. The van der Waals surface area contributed by atoms with Gasteiger partial charge < -0.3 is 14.2 Å². The molecular weight excluding hydrogens is 502 g/mol. The van der Waals surface area contributed by atoms with E-state index in [9.17, 15) is 19.2 Å². The summed E-state index contributed by atoms with van der Waals surface area (Å²) in [5.74, 6) is -0.718.